The van der Waals surface area contributed by atoms with E-state index < -0.39 is 22.4 Å². The predicted octanol–water partition coefficient (Wildman–Crippen LogP) is 1.22. The second-order valence-corrected chi connectivity index (χ2v) is 5.69. The van der Waals surface area contributed by atoms with Crippen LogP contribution in [0.15, 0.2) is 0 Å². The van der Waals surface area contributed by atoms with Gasteiger partial charge in [-0.3, -0.25) is 0 Å². The topological polar surface area (TPSA) is 166 Å². The molecule has 0 aliphatic heterocycles. The van der Waals surface area contributed by atoms with Gasteiger partial charge in [-0.1, -0.05) is 0 Å². The highest BCUT2D eigenvalue weighted by atomic mass is 17.0. The van der Waals surface area contributed by atoms with Crippen molar-refractivity contribution in [2.75, 3.05) is 19.8 Å². The molecule has 1 unspecified atom stereocenters. The number of carbonyl (C=O) groups excluding carboxylic acids is 1. The summed E-state index contributed by atoms with van der Waals surface area (Å²) in [6.45, 7) is -0.481. The minimum absolute atomic E-state index is 0.0283. The van der Waals surface area contributed by atoms with Gasteiger partial charge in [-0.15, -0.1) is 20.2 Å². The number of nitrogens with zero attached hydrogens (tertiary/aromatic N) is 2. The summed E-state index contributed by atoms with van der Waals surface area (Å²) < 4.78 is 10.1. The standard InChI is InChI=1S/C13H23N3O9/c14-11-4-2-10(3-5-11)12(6-9-24-16(20)21)25-13(17)22-7-1-8-23-15(18)19/h10-12H,1-9,14H2. The SMILES string of the molecule is NC1CCC(C(CCO[N+](=O)[O-])OC(=O)OCCCO[N+](=O)[O-])CC1. The number of nitrogens with two attached hydrogens (primary N) is 1. The normalized spacial score (nSPS) is 21.0. The van der Waals surface area contributed by atoms with Crippen molar-refractivity contribution >= 4 is 6.16 Å². The van der Waals surface area contributed by atoms with E-state index >= 15 is 0 Å². The van der Waals surface area contributed by atoms with Crippen LogP contribution in [-0.2, 0) is 19.1 Å². The van der Waals surface area contributed by atoms with Gasteiger partial charge in [0.15, 0.2) is 0 Å². The zero-order valence-corrected chi connectivity index (χ0v) is 13.7. The molecule has 1 fully saturated rings. The Bertz CT molecular complexity index is 440. The monoisotopic (exact) mass is 365 g/mol. The smallest absolute Gasteiger partial charge is 0.434 e. The van der Waals surface area contributed by atoms with Crippen LogP contribution in [0, 0.1) is 26.1 Å². The maximum Gasteiger partial charge on any atom is 0.508 e. The van der Waals surface area contributed by atoms with Crippen LogP contribution < -0.4 is 5.73 Å². The number of hydrogen-bond acceptors (Lipinski definition) is 10. The Morgan fingerprint density at radius 2 is 1.64 bits per heavy atom. The number of carbonyl (C=O) groups is 1. The third kappa shape index (κ3) is 9.49. The van der Waals surface area contributed by atoms with E-state index in [-0.39, 0.29) is 44.6 Å². The lowest BCUT2D eigenvalue weighted by molar-refractivity contribution is -0.758. The molecule has 144 valence electrons. The molecule has 0 saturated heterocycles. The van der Waals surface area contributed by atoms with Gasteiger partial charge in [-0.25, -0.2) is 4.79 Å². The molecule has 1 aliphatic rings. The number of rotatable bonds is 11. The van der Waals surface area contributed by atoms with Crippen LogP contribution in [0.1, 0.15) is 38.5 Å². The number of hydrogen-bond donors (Lipinski definition) is 1. The zero-order chi connectivity index (χ0) is 18.7. The fourth-order valence-corrected chi connectivity index (χ4v) is 2.66. The van der Waals surface area contributed by atoms with Gasteiger partial charge < -0.3 is 24.9 Å². The van der Waals surface area contributed by atoms with E-state index in [9.17, 15) is 25.0 Å². The highest BCUT2D eigenvalue weighted by molar-refractivity contribution is 5.60. The Labute approximate surface area is 143 Å². The van der Waals surface area contributed by atoms with E-state index in [1.54, 1.807) is 0 Å². The molecule has 0 spiro atoms. The van der Waals surface area contributed by atoms with Gasteiger partial charge in [0.1, 0.15) is 12.7 Å². The fraction of sp³-hybridized carbons (Fsp3) is 0.923. The molecule has 1 aliphatic carbocycles. The van der Waals surface area contributed by atoms with E-state index in [4.69, 9.17) is 15.2 Å². The number of ether oxygens (including phenoxy) is 2. The summed E-state index contributed by atoms with van der Waals surface area (Å²) in [6, 6.07) is 0.112. The molecule has 2 N–H and O–H groups in total. The highest BCUT2D eigenvalue weighted by Crippen LogP contribution is 2.29. The van der Waals surface area contributed by atoms with Gasteiger partial charge in [0.2, 0.25) is 0 Å². The third-order valence-corrected chi connectivity index (χ3v) is 3.89. The first-order valence-corrected chi connectivity index (χ1v) is 8.02. The molecule has 0 amide bonds. The van der Waals surface area contributed by atoms with Gasteiger partial charge in [-0.05, 0) is 31.6 Å². The van der Waals surface area contributed by atoms with Crippen molar-refractivity contribution in [3.8, 4) is 0 Å². The van der Waals surface area contributed by atoms with Crippen LogP contribution in [-0.4, -0.2) is 48.3 Å². The Kier molecular flexibility index (Phi) is 9.29. The molecule has 0 heterocycles. The molecule has 0 aromatic heterocycles. The van der Waals surface area contributed by atoms with E-state index in [1.807, 2.05) is 0 Å². The second kappa shape index (κ2) is 11.2. The first-order valence-electron chi connectivity index (χ1n) is 8.02. The molecule has 0 bridgehead atoms. The molecule has 25 heavy (non-hydrogen) atoms. The summed E-state index contributed by atoms with van der Waals surface area (Å²) in [6.07, 6.45) is 1.87. The summed E-state index contributed by atoms with van der Waals surface area (Å²) in [5.74, 6) is 0.0283. The molecule has 0 radical (unpaired) electrons. The first-order chi connectivity index (χ1) is 11.9. The first kappa shape index (κ1) is 20.7. The molecule has 1 rings (SSSR count). The lowest BCUT2D eigenvalue weighted by Gasteiger charge is -2.31. The summed E-state index contributed by atoms with van der Waals surface area (Å²) in [4.78, 5) is 40.3. The molecule has 0 aromatic carbocycles. The Balaban J connectivity index is 2.38. The molecule has 0 aromatic rings. The van der Waals surface area contributed by atoms with Gasteiger partial charge in [0.05, 0.1) is 13.2 Å². The highest BCUT2D eigenvalue weighted by Gasteiger charge is 2.29. The fourth-order valence-electron chi connectivity index (χ4n) is 2.66. The van der Waals surface area contributed by atoms with Crippen molar-refractivity contribution in [3.63, 3.8) is 0 Å². The van der Waals surface area contributed by atoms with Crippen molar-refractivity contribution in [2.45, 2.75) is 50.7 Å². The molecule has 12 nitrogen and oxygen atoms in total. The van der Waals surface area contributed by atoms with E-state index in [0.29, 0.717) is 0 Å². The van der Waals surface area contributed by atoms with Gasteiger partial charge >= 0.3 is 6.16 Å². The van der Waals surface area contributed by atoms with Gasteiger partial charge in [0, 0.05) is 18.9 Å². The largest absolute Gasteiger partial charge is 0.508 e. The average Bonchev–Trinajstić information content (AvgIpc) is 2.53. The van der Waals surface area contributed by atoms with Crippen molar-refractivity contribution in [1.29, 1.82) is 0 Å². The van der Waals surface area contributed by atoms with Crippen LogP contribution in [0.5, 0.6) is 0 Å². The van der Waals surface area contributed by atoms with Gasteiger partial charge in [-0.2, -0.15) is 0 Å². The van der Waals surface area contributed by atoms with Crippen LogP contribution in [0.4, 0.5) is 4.79 Å². The van der Waals surface area contributed by atoms with Crippen molar-refractivity contribution < 1.29 is 34.1 Å². The summed E-state index contributed by atoms with van der Waals surface area (Å²) in [5, 5.41) is 18.4. The Morgan fingerprint density at radius 1 is 1.04 bits per heavy atom. The van der Waals surface area contributed by atoms with Crippen LogP contribution >= 0.6 is 0 Å². The molecular weight excluding hydrogens is 342 g/mol. The van der Waals surface area contributed by atoms with Crippen molar-refractivity contribution in [1.82, 2.24) is 0 Å². The van der Waals surface area contributed by atoms with E-state index in [2.05, 4.69) is 9.68 Å². The van der Waals surface area contributed by atoms with Crippen LogP contribution in [0.3, 0.4) is 0 Å². The second-order valence-electron chi connectivity index (χ2n) is 5.69. The van der Waals surface area contributed by atoms with Crippen molar-refractivity contribution in [3.05, 3.63) is 20.2 Å². The third-order valence-electron chi connectivity index (χ3n) is 3.89. The molecule has 12 heteroatoms. The lowest BCUT2D eigenvalue weighted by Crippen LogP contribution is -2.35. The van der Waals surface area contributed by atoms with E-state index in [1.165, 1.54) is 0 Å². The summed E-state index contributed by atoms with van der Waals surface area (Å²) >= 11 is 0. The minimum Gasteiger partial charge on any atom is -0.434 e. The quantitative estimate of drug-likeness (QED) is 0.243. The van der Waals surface area contributed by atoms with Crippen LogP contribution in [0.25, 0.3) is 0 Å². The minimum atomic E-state index is -0.933. The molecule has 1 saturated carbocycles. The zero-order valence-electron chi connectivity index (χ0n) is 13.7. The Morgan fingerprint density at radius 3 is 2.24 bits per heavy atom. The summed E-state index contributed by atoms with van der Waals surface area (Å²) in [7, 11) is 0. The molecule has 1 atom stereocenters. The average molecular weight is 365 g/mol. The lowest BCUT2D eigenvalue weighted by atomic mass is 9.82. The predicted molar refractivity (Wildman–Crippen MR) is 81.3 cm³/mol. The van der Waals surface area contributed by atoms with Crippen molar-refractivity contribution in [2.24, 2.45) is 11.7 Å². The summed E-state index contributed by atoms with van der Waals surface area (Å²) in [5.41, 5.74) is 5.85. The van der Waals surface area contributed by atoms with E-state index in [0.717, 1.165) is 25.7 Å². The molecular formula is C13H23N3O9. The maximum atomic E-state index is 11.7. The van der Waals surface area contributed by atoms with Crippen LogP contribution in [0.2, 0.25) is 0 Å². The van der Waals surface area contributed by atoms with Gasteiger partial charge in [0.25, 0.3) is 10.2 Å². The Hall–Kier alpha value is -2.37. The maximum absolute atomic E-state index is 11.7.